The summed E-state index contributed by atoms with van der Waals surface area (Å²) in [5.41, 5.74) is 4.20. The molecule has 0 spiro atoms. The van der Waals surface area contributed by atoms with E-state index in [4.69, 9.17) is 24.0 Å². The van der Waals surface area contributed by atoms with Gasteiger partial charge in [0.15, 0.2) is 0 Å². The largest absolute Gasteiger partial charge is 0.497 e. The molecule has 0 aliphatic carbocycles. The van der Waals surface area contributed by atoms with E-state index in [2.05, 4.69) is 5.01 Å². The van der Waals surface area contributed by atoms with Crippen molar-refractivity contribution >= 4 is 5.71 Å². The van der Waals surface area contributed by atoms with Crippen LogP contribution in [0.1, 0.15) is 35.4 Å². The van der Waals surface area contributed by atoms with Gasteiger partial charge < -0.3 is 18.9 Å². The predicted molar refractivity (Wildman–Crippen MR) is 118 cm³/mol. The van der Waals surface area contributed by atoms with E-state index in [9.17, 15) is 0 Å². The van der Waals surface area contributed by atoms with Crippen molar-refractivity contribution in [2.75, 3.05) is 21.3 Å². The molecule has 3 aromatic rings. The van der Waals surface area contributed by atoms with Crippen LogP contribution in [0.15, 0.2) is 71.8 Å². The highest BCUT2D eigenvalue weighted by atomic mass is 16.5. The van der Waals surface area contributed by atoms with Gasteiger partial charge in [-0.3, -0.25) is 0 Å². The van der Waals surface area contributed by atoms with Crippen molar-refractivity contribution in [1.82, 2.24) is 5.01 Å². The molecular weight excluding hydrogens is 392 g/mol. The molecule has 0 saturated heterocycles. The number of fused-ring (bicyclic) bond motifs is 3. The molecule has 0 saturated carbocycles. The highest BCUT2D eigenvalue weighted by Gasteiger charge is 2.41. The molecule has 2 aliphatic rings. The lowest BCUT2D eigenvalue weighted by molar-refractivity contribution is -0.0191. The lowest BCUT2D eigenvalue weighted by Crippen LogP contribution is -2.33. The number of hydrazone groups is 1. The van der Waals surface area contributed by atoms with Gasteiger partial charge in [0.1, 0.15) is 23.0 Å². The number of hydrogen-bond donors (Lipinski definition) is 0. The number of methoxy groups -OCH3 is 3. The number of rotatable bonds is 5. The summed E-state index contributed by atoms with van der Waals surface area (Å²) >= 11 is 0. The summed E-state index contributed by atoms with van der Waals surface area (Å²) in [5, 5.41) is 7.06. The van der Waals surface area contributed by atoms with E-state index in [-0.39, 0.29) is 12.3 Å². The van der Waals surface area contributed by atoms with Crippen LogP contribution in [0.25, 0.3) is 0 Å². The Morgan fingerprint density at radius 1 is 0.806 bits per heavy atom. The molecule has 6 nitrogen and oxygen atoms in total. The average molecular weight is 416 g/mol. The normalized spacial score (nSPS) is 19.1. The molecule has 158 valence electrons. The van der Waals surface area contributed by atoms with E-state index in [1.54, 1.807) is 21.3 Å². The fraction of sp³-hybridized carbons (Fsp3) is 0.240. The maximum Gasteiger partial charge on any atom is 0.213 e. The third kappa shape index (κ3) is 3.44. The van der Waals surface area contributed by atoms with Gasteiger partial charge in [-0.25, -0.2) is 5.01 Å². The van der Waals surface area contributed by atoms with Gasteiger partial charge in [-0.1, -0.05) is 0 Å². The summed E-state index contributed by atoms with van der Waals surface area (Å²) in [6.07, 6.45) is 0.454. The van der Waals surface area contributed by atoms with Crippen LogP contribution >= 0.6 is 0 Å². The Hall–Kier alpha value is -3.67. The molecule has 0 bridgehead atoms. The fourth-order valence-electron chi connectivity index (χ4n) is 4.14. The highest BCUT2D eigenvalue weighted by Crippen LogP contribution is 2.48. The number of hydrogen-bond acceptors (Lipinski definition) is 6. The maximum atomic E-state index is 6.43. The van der Waals surface area contributed by atoms with Crippen molar-refractivity contribution < 1.29 is 18.9 Å². The Bertz CT molecular complexity index is 1110. The average Bonchev–Trinajstić information content (AvgIpc) is 3.29. The van der Waals surface area contributed by atoms with Crippen LogP contribution < -0.4 is 18.9 Å². The van der Waals surface area contributed by atoms with Crippen LogP contribution in [-0.4, -0.2) is 32.0 Å². The minimum atomic E-state index is -0.326. The molecule has 2 atom stereocenters. The SMILES string of the molecule is COc1ccc(C2=NN3[C@H](C2)c2cc(OC)ccc2O[C@H]3c2ccc(OC)cc2)cc1. The van der Waals surface area contributed by atoms with Crippen molar-refractivity contribution in [3.8, 4) is 23.0 Å². The van der Waals surface area contributed by atoms with Gasteiger partial charge in [0, 0.05) is 17.5 Å². The summed E-state index contributed by atoms with van der Waals surface area (Å²) < 4.78 is 22.5. The van der Waals surface area contributed by atoms with E-state index >= 15 is 0 Å². The first-order valence-electron chi connectivity index (χ1n) is 10.2. The zero-order chi connectivity index (χ0) is 21.4. The molecule has 0 radical (unpaired) electrons. The Balaban J connectivity index is 1.56. The minimum absolute atomic E-state index is 0.0584. The zero-order valence-electron chi connectivity index (χ0n) is 17.7. The summed E-state index contributed by atoms with van der Waals surface area (Å²) in [6.45, 7) is 0. The molecular formula is C25H24N2O4. The monoisotopic (exact) mass is 416 g/mol. The minimum Gasteiger partial charge on any atom is -0.497 e. The first-order chi connectivity index (χ1) is 15.2. The van der Waals surface area contributed by atoms with Crippen molar-refractivity contribution in [2.45, 2.75) is 18.7 Å². The molecule has 6 heteroatoms. The van der Waals surface area contributed by atoms with Crippen molar-refractivity contribution in [3.05, 3.63) is 83.4 Å². The van der Waals surface area contributed by atoms with Gasteiger partial charge in [-0.05, 0) is 72.3 Å². The summed E-state index contributed by atoms with van der Waals surface area (Å²) in [7, 11) is 5.01. The second kappa shape index (κ2) is 7.87. The van der Waals surface area contributed by atoms with Crippen LogP contribution in [0, 0.1) is 0 Å². The quantitative estimate of drug-likeness (QED) is 0.589. The van der Waals surface area contributed by atoms with E-state index in [1.807, 2.05) is 66.7 Å². The molecule has 2 heterocycles. The Morgan fingerprint density at radius 3 is 2.06 bits per heavy atom. The highest BCUT2D eigenvalue weighted by molar-refractivity contribution is 6.02. The lowest BCUT2D eigenvalue weighted by Gasteiger charge is -2.38. The Labute approximate surface area is 181 Å². The number of nitrogens with zero attached hydrogens (tertiary/aromatic N) is 2. The summed E-state index contributed by atoms with van der Waals surface area (Å²) in [6, 6.07) is 22.0. The van der Waals surface area contributed by atoms with Gasteiger partial charge in [-0.15, -0.1) is 0 Å². The molecule has 0 N–H and O–H groups in total. The van der Waals surface area contributed by atoms with Crippen LogP contribution in [0.4, 0.5) is 0 Å². The maximum absolute atomic E-state index is 6.43. The number of ether oxygens (including phenoxy) is 4. The lowest BCUT2D eigenvalue weighted by atomic mass is 9.95. The van der Waals surface area contributed by atoms with Gasteiger partial charge in [0.2, 0.25) is 6.23 Å². The number of benzene rings is 3. The smallest absolute Gasteiger partial charge is 0.213 e. The summed E-state index contributed by atoms with van der Waals surface area (Å²) in [5.74, 6) is 3.30. The third-order valence-corrected chi connectivity index (χ3v) is 5.82. The van der Waals surface area contributed by atoms with E-state index in [0.29, 0.717) is 0 Å². The van der Waals surface area contributed by atoms with Crippen LogP contribution in [-0.2, 0) is 0 Å². The molecule has 5 rings (SSSR count). The van der Waals surface area contributed by atoms with Crippen molar-refractivity contribution in [1.29, 1.82) is 0 Å². The molecule has 31 heavy (non-hydrogen) atoms. The van der Waals surface area contributed by atoms with E-state index in [1.165, 1.54) is 0 Å². The van der Waals surface area contributed by atoms with Gasteiger partial charge >= 0.3 is 0 Å². The summed E-state index contributed by atoms with van der Waals surface area (Å²) in [4.78, 5) is 0. The molecule has 3 aromatic carbocycles. The zero-order valence-corrected chi connectivity index (χ0v) is 17.7. The van der Waals surface area contributed by atoms with E-state index in [0.717, 1.165) is 51.8 Å². The van der Waals surface area contributed by atoms with E-state index < -0.39 is 0 Å². The molecule has 2 aliphatic heterocycles. The third-order valence-electron chi connectivity index (χ3n) is 5.82. The van der Waals surface area contributed by atoms with Crippen molar-refractivity contribution in [3.63, 3.8) is 0 Å². The standard InChI is InChI=1S/C25H24N2O4/c1-28-18-8-4-16(5-9-18)22-15-23-21-14-20(30-3)12-13-24(21)31-25(27(23)26-22)17-6-10-19(29-2)11-7-17/h4-14,23,25H,15H2,1-3H3/t23-,25+/m1/s1. The van der Waals surface area contributed by atoms with Crippen LogP contribution in [0.5, 0.6) is 23.0 Å². The molecule has 0 unspecified atom stereocenters. The molecule has 0 aromatic heterocycles. The predicted octanol–water partition coefficient (Wildman–Crippen LogP) is 4.95. The topological polar surface area (TPSA) is 52.5 Å². The Kier molecular flexibility index (Phi) is 4.90. The van der Waals surface area contributed by atoms with Gasteiger partial charge in [0.05, 0.1) is 33.1 Å². The van der Waals surface area contributed by atoms with Crippen molar-refractivity contribution in [2.24, 2.45) is 5.10 Å². The second-order valence-electron chi connectivity index (χ2n) is 7.52. The Morgan fingerprint density at radius 2 is 1.42 bits per heavy atom. The van der Waals surface area contributed by atoms with Crippen LogP contribution in [0.2, 0.25) is 0 Å². The first-order valence-corrected chi connectivity index (χ1v) is 10.2. The van der Waals surface area contributed by atoms with Crippen LogP contribution in [0.3, 0.4) is 0 Å². The molecule has 0 amide bonds. The second-order valence-corrected chi connectivity index (χ2v) is 7.52. The van der Waals surface area contributed by atoms with Gasteiger partial charge in [-0.2, -0.15) is 5.10 Å². The first kappa shape index (κ1) is 19.3. The van der Waals surface area contributed by atoms with Gasteiger partial charge in [0.25, 0.3) is 0 Å². The molecule has 0 fully saturated rings. The fourth-order valence-corrected chi connectivity index (χ4v) is 4.14.